The van der Waals surface area contributed by atoms with Gasteiger partial charge in [-0.25, -0.2) is 4.39 Å². The maximum atomic E-state index is 14.0. The van der Waals surface area contributed by atoms with E-state index in [2.05, 4.69) is 0 Å². The van der Waals surface area contributed by atoms with E-state index >= 15 is 0 Å². The summed E-state index contributed by atoms with van der Waals surface area (Å²) in [6.45, 7) is 8.90. The number of hydrogen-bond acceptors (Lipinski definition) is 3. The highest BCUT2D eigenvalue weighted by Crippen LogP contribution is 2.37. The summed E-state index contributed by atoms with van der Waals surface area (Å²) < 4.78 is 31.0. The van der Waals surface area contributed by atoms with Crippen LogP contribution in [0.1, 0.15) is 46.1 Å². The van der Waals surface area contributed by atoms with Crippen molar-refractivity contribution in [2.24, 2.45) is 0 Å². The third kappa shape index (κ3) is 5.16. The van der Waals surface area contributed by atoms with Gasteiger partial charge in [0.25, 0.3) is 0 Å². The van der Waals surface area contributed by atoms with E-state index in [1.54, 1.807) is 0 Å². The van der Waals surface area contributed by atoms with Crippen LogP contribution in [0.3, 0.4) is 0 Å². The lowest BCUT2D eigenvalue weighted by Crippen LogP contribution is -2.41. The molecule has 5 heteroatoms. The molecule has 23 heavy (non-hydrogen) atoms. The van der Waals surface area contributed by atoms with Gasteiger partial charge in [-0.05, 0) is 45.7 Å². The zero-order chi connectivity index (χ0) is 16.9. The molecule has 1 aliphatic heterocycles. The van der Waals surface area contributed by atoms with E-state index in [4.69, 9.17) is 14.0 Å². The molecule has 1 fully saturated rings. The molecule has 1 aromatic rings. The smallest absolute Gasteiger partial charge is 0.400 e. The largest absolute Gasteiger partial charge is 0.489 e. The molecule has 0 amide bonds. The summed E-state index contributed by atoms with van der Waals surface area (Å²) in [4.78, 5) is 0. The van der Waals surface area contributed by atoms with Gasteiger partial charge in [0, 0.05) is 13.0 Å². The number of benzene rings is 1. The Hall–Kier alpha value is -1.17. The summed E-state index contributed by atoms with van der Waals surface area (Å²) in [7, 11) is -0.620. The Morgan fingerprint density at radius 1 is 1.13 bits per heavy atom. The zero-order valence-corrected chi connectivity index (χ0v) is 14.5. The van der Waals surface area contributed by atoms with Gasteiger partial charge >= 0.3 is 7.12 Å². The number of rotatable bonds is 7. The van der Waals surface area contributed by atoms with Gasteiger partial charge in [-0.3, -0.25) is 0 Å². The maximum absolute atomic E-state index is 14.0. The Morgan fingerprint density at radius 3 is 2.35 bits per heavy atom. The minimum absolute atomic E-state index is 0.216. The van der Waals surface area contributed by atoms with Crippen molar-refractivity contribution in [3.8, 4) is 0 Å². The highest BCUT2D eigenvalue weighted by Gasteiger charge is 2.50. The second-order valence-electron chi connectivity index (χ2n) is 6.88. The Labute approximate surface area is 139 Å². The van der Waals surface area contributed by atoms with Crippen LogP contribution >= 0.6 is 0 Å². The first-order valence-electron chi connectivity index (χ1n) is 8.14. The summed E-state index contributed by atoms with van der Waals surface area (Å²) in [5, 5.41) is 0. The Kier molecular flexibility index (Phi) is 6.01. The number of halogens is 1. The van der Waals surface area contributed by atoms with E-state index in [1.165, 1.54) is 5.98 Å². The molecule has 1 aliphatic rings. The molecule has 0 saturated carbocycles. The summed E-state index contributed by atoms with van der Waals surface area (Å²) in [6, 6.07) is 9.95. The van der Waals surface area contributed by atoms with Crippen molar-refractivity contribution in [3.05, 3.63) is 47.7 Å². The summed E-state index contributed by atoms with van der Waals surface area (Å²) >= 11 is 0. The molecule has 1 saturated heterocycles. The van der Waals surface area contributed by atoms with Crippen LogP contribution in [0.15, 0.2) is 42.1 Å². The minimum atomic E-state index is -0.620. The molecule has 0 radical (unpaired) electrons. The number of hydrogen-bond donors (Lipinski definition) is 0. The Bertz CT molecular complexity index is 512. The SMILES string of the molecule is CC1(C)OB(/C=C(\F)CCCOCc2ccccc2)OC1(C)C. The molecular formula is C18H26BFO3. The standard InChI is InChI=1S/C18H26BFO3/c1-17(2)18(3,4)23-19(22-17)13-16(20)11-8-12-21-14-15-9-6-5-7-10-15/h5-7,9-10,13H,8,11-12,14H2,1-4H3/b16-13-. The second kappa shape index (κ2) is 7.60. The van der Waals surface area contributed by atoms with E-state index in [0.29, 0.717) is 26.1 Å². The lowest BCUT2D eigenvalue weighted by Gasteiger charge is -2.32. The van der Waals surface area contributed by atoms with Gasteiger partial charge in [0.1, 0.15) is 0 Å². The maximum Gasteiger partial charge on any atom is 0.489 e. The van der Waals surface area contributed by atoms with E-state index < -0.39 is 18.3 Å². The molecule has 0 bridgehead atoms. The summed E-state index contributed by atoms with van der Waals surface area (Å²) in [6.07, 6.45) is 0.966. The van der Waals surface area contributed by atoms with Crippen molar-refractivity contribution in [2.75, 3.05) is 6.61 Å². The van der Waals surface area contributed by atoms with Crippen LogP contribution in [0.2, 0.25) is 0 Å². The van der Waals surface area contributed by atoms with Crippen LogP contribution in [0.4, 0.5) is 4.39 Å². The van der Waals surface area contributed by atoms with Gasteiger partial charge in [0.05, 0.1) is 23.6 Å². The van der Waals surface area contributed by atoms with Crippen LogP contribution in [0.5, 0.6) is 0 Å². The first-order valence-corrected chi connectivity index (χ1v) is 8.14. The molecule has 0 atom stereocenters. The van der Waals surface area contributed by atoms with Crippen LogP contribution in [0.25, 0.3) is 0 Å². The average Bonchev–Trinajstić information content (AvgIpc) is 2.66. The molecule has 0 spiro atoms. The van der Waals surface area contributed by atoms with Gasteiger partial charge in [0.15, 0.2) is 0 Å². The molecule has 1 heterocycles. The number of ether oxygens (including phenoxy) is 1. The normalized spacial score (nSPS) is 20.0. The van der Waals surface area contributed by atoms with Crippen LogP contribution in [-0.4, -0.2) is 24.9 Å². The van der Waals surface area contributed by atoms with E-state index in [9.17, 15) is 4.39 Å². The van der Waals surface area contributed by atoms with Gasteiger partial charge in [-0.15, -0.1) is 0 Å². The molecular weight excluding hydrogens is 294 g/mol. The minimum Gasteiger partial charge on any atom is -0.400 e. The van der Waals surface area contributed by atoms with Crippen molar-refractivity contribution in [3.63, 3.8) is 0 Å². The Balaban J connectivity index is 1.68. The van der Waals surface area contributed by atoms with Gasteiger partial charge in [0.2, 0.25) is 0 Å². The fourth-order valence-corrected chi connectivity index (χ4v) is 2.30. The molecule has 1 aromatic carbocycles. The van der Waals surface area contributed by atoms with Crippen LogP contribution < -0.4 is 0 Å². The fraction of sp³-hybridized carbons (Fsp3) is 0.556. The second-order valence-corrected chi connectivity index (χ2v) is 6.88. The molecule has 0 aliphatic carbocycles. The van der Waals surface area contributed by atoms with Crippen molar-refractivity contribution in [1.82, 2.24) is 0 Å². The fourth-order valence-electron chi connectivity index (χ4n) is 2.30. The highest BCUT2D eigenvalue weighted by atomic mass is 19.1. The molecule has 2 rings (SSSR count). The molecule has 0 N–H and O–H groups in total. The molecule has 0 unspecified atom stereocenters. The summed E-state index contributed by atoms with van der Waals surface area (Å²) in [5.41, 5.74) is 0.251. The van der Waals surface area contributed by atoms with Crippen molar-refractivity contribution in [2.45, 2.75) is 58.3 Å². The predicted molar refractivity (Wildman–Crippen MR) is 90.6 cm³/mol. The third-order valence-corrected chi connectivity index (χ3v) is 4.40. The van der Waals surface area contributed by atoms with Gasteiger partial charge < -0.3 is 14.0 Å². The van der Waals surface area contributed by atoms with Crippen LogP contribution in [0, 0.1) is 0 Å². The number of allylic oxidation sites excluding steroid dienone is 1. The van der Waals surface area contributed by atoms with Gasteiger partial charge in [-0.2, -0.15) is 0 Å². The van der Waals surface area contributed by atoms with E-state index in [0.717, 1.165) is 5.56 Å². The van der Waals surface area contributed by atoms with Crippen molar-refractivity contribution < 1.29 is 18.4 Å². The molecule has 126 valence electrons. The first-order chi connectivity index (χ1) is 10.8. The van der Waals surface area contributed by atoms with Crippen molar-refractivity contribution in [1.29, 1.82) is 0 Å². The highest BCUT2D eigenvalue weighted by molar-refractivity contribution is 6.51. The van der Waals surface area contributed by atoms with E-state index in [1.807, 2.05) is 58.0 Å². The lowest BCUT2D eigenvalue weighted by molar-refractivity contribution is 0.00578. The van der Waals surface area contributed by atoms with Crippen molar-refractivity contribution >= 4 is 7.12 Å². The first kappa shape index (κ1) is 18.2. The van der Waals surface area contributed by atoms with Gasteiger partial charge in [-0.1, -0.05) is 30.3 Å². The average molecular weight is 320 g/mol. The third-order valence-electron chi connectivity index (χ3n) is 4.40. The summed E-state index contributed by atoms with van der Waals surface area (Å²) in [5.74, 6) is 1.21. The van der Waals surface area contributed by atoms with E-state index in [-0.39, 0.29) is 5.83 Å². The monoisotopic (exact) mass is 320 g/mol. The topological polar surface area (TPSA) is 27.7 Å². The molecule has 0 aromatic heterocycles. The van der Waals surface area contributed by atoms with Crippen LogP contribution in [-0.2, 0) is 20.7 Å². The predicted octanol–water partition coefficient (Wildman–Crippen LogP) is 4.47. The Morgan fingerprint density at radius 2 is 1.74 bits per heavy atom. The molecule has 3 nitrogen and oxygen atoms in total. The quantitative estimate of drug-likeness (QED) is 0.548. The lowest BCUT2D eigenvalue weighted by atomic mass is 9.89. The zero-order valence-electron chi connectivity index (χ0n) is 14.5.